The maximum absolute atomic E-state index is 6.10. The average molecular weight is 334 g/mol. The zero-order valence-corrected chi connectivity index (χ0v) is 14.5. The van der Waals surface area contributed by atoms with E-state index in [-0.39, 0.29) is 0 Å². The fraction of sp³-hybridized carbons (Fsp3) is 0.200. The Hall–Kier alpha value is -3.08. The van der Waals surface area contributed by atoms with Gasteiger partial charge in [-0.15, -0.1) is 0 Å². The summed E-state index contributed by atoms with van der Waals surface area (Å²) in [6.07, 6.45) is 8.29. The summed E-state index contributed by atoms with van der Waals surface area (Å²) in [7, 11) is 4.12. The molecule has 0 aliphatic carbocycles. The van der Waals surface area contributed by atoms with E-state index in [0.29, 0.717) is 0 Å². The minimum atomic E-state index is 0.840. The molecular weight excluding hydrogens is 312 g/mol. The van der Waals surface area contributed by atoms with E-state index in [4.69, 9.17) is 4.74 Å². The molecule has 2 aliphatic heterocycles. The highest BCUT2D eigenvalue weighted by Gasteiger charge is 2.13. The van der Waals surface area contributed by atoms with E-state index in [1.165, 1.54) is 0 Å². The maximum Gasteiger partial charge on any atom is 0.129 e. The first kappa shape index (κ1) is 15.4. The van der Waals surface area contributed by atoms with Gasteiger partial charge in [-0.3, -0.25) is 0 Å². The van der Waals surface area contributed by atoms with Crippen molar-refractivity contribution in [1.82, 2.24) is 9.80 Å². The average Bonchev–Trinajstić information content (AvgIpc) is 3.24. The summed E-state index contributed by atoms with van der Waals surface area (Å²) in [5.74, 6) is 1.68. The van der Waals surface area contributed by atoms with Crippen molar-refractivity contribution in [2.75, 3.05) is 37.2 Å². The summed E-state index contributed by atoms with van der Waals surface area (Å²) in [6, 6.07) is 16.4. The van der Waals surface area contributed by atoms with Crippen LogP contribution in [0.5, 0.6) is 11.5 Å². The zero-order chi connectivity index (χ0) is 17.2. The van der Waals surface area contributed by atoms with Crippen molar-refractivity contribution in [3.05, 3.63) is 73.3 Å². The summed E-state index contributed by atoms with van der Waals surface area (Å²) in [4.78, 5) is 8.65. The third kappa shape index (κ3) is 3.40. The lowest BCUT2D eigenvalue weighted by Gasteiger charge is -2.20. The van der Waals surface area contributed by atoms with E-state index < -0.39 is 0 Å². The van der Waals surface area contributed by atoms with Gasteiger partial charge in [-0.2, -0.15) is 0 Å². The Morgan fingerprint density at radius 1 is 0.680 bits per heavy atom. The SMILES string of the molecule is CN1C=CN(c2cccc(Oc3cccc(N4C=CN(C)C4)c3)c2)C1. The number of hydrogen-bond donors (Lipinski definition) is 0. The quantitative estimate of drug-likeness (QED) is 0.845. The van der Waals surface area contributed by atoms with Crippen LogP contribution < -0.4 is 14.5 Å². The molecule has 0 saturated heterocycles. The predicted molar refractivity (Wildman–Crippen MR) is 101 cm³/mol. The molecule has 2 aromatic rings. The molecule has 0 bridgehead atoms. The molecule has 0 atom stereocenters. The highest BCUT2D eigenvalue weighted by atomic mass is 16.5. The lowest BCUT2D eigenvalue weighted by Crippen LogP contribution is -2.21. The Morgan fingerprint density at radius 3 is 1.56 bits per heavy atom. The first-order chi connectivity index (χ1) is 12.2. The van der Waals surface area contributed by atoms with Crippen LogP contribution in [0, 0.1) is 0 Å². The van der Waals surface area contributed by atoms with Gasteiger partial charge in [-0.05, 0) is 24.3 Å². The Morgan fingerprint density at radius 2 is 1.16 bits per heavy atom. The summed E-state index contributed by atoms with van der Waals surface area (Å²) >= 11 is 0. The minimum Gasteiger partial charge on any atom is -0.457 e. The van der Waals surface area contributed by atoms with Gasteiger partial charge in [0.1, 0.15) is 11.5 Å². The van der Waals surface area contributed by atoms with E-state index in [2.05, 4.69) is 82.8 Å². The monoisotopic (exact) mass is 334 g/mol. The molecule has 0 saturated carbocycles. The standard InChI is InChI=1S/C20H22N4O/c1-21-9-11-23(15-21)17-5-3-7-19(13-17)25-20-8-4-6-18(14-20)24-12-10-22(2)16-24/h3-14H,15-16H2,1-2H3. The van der Waals surface area contributed by atoms with Gasteiger partial charge < -0.3 is 24.3 Å². The van der Waals surface area contributed by atoms with E-state index >= 15 is 0 Å². The van der Waals surface area contributed by atoms with Crippen LogP contribution in [-0.4, -0.2) is 37.2 Å². The van der Waals surface area contributed by atoms with Gasteiger partial charge in [-0.25, -0.2) is 0 Å². The highest BCUT2D eigenvalue weighted by molar-refractivity contribution is 5.56. The molecule has 0 aromatic heterocycles. The summed E-state index contributed by atoms with van der Waals surface area (Å²) in [6.45, 7) is 1.71. The van der Waals surface area contributed by atoms with Crippen molar-refractivity contribution in [1.29, 1.82) is 0 Å². The van der Waals surface area contributed by atoms with Crippen LogP contribution in [0.15, 0.2) is 73.3 Å². The summed E-state index contributed by atoms with van der Waals surface area (Å²) in [5.41, 5.74) is 2.25. The Balaban J connectivity index is 1.51. The molecule has 0 N–H and O–H groups in total. The Bertz CT molecular complexity index is 749. The second-order valence-corrected chi connectivity index (χ2v) is 6.43. The van der Waals surface area contributed by atoms with Crippen LogP contribution in [0.2, 0.25) is 0 Å². The van der Waals surface area contributed by atoms with Crippen molar-refractivity contribution in [2.24, 2.45) is 0 Å². The predicted octanol–water partition coefficient (Wildman–Crippen LogP) is 3.84. The van der Waals surface area contributed by atoms with Gasteiger partial charge in [0.25, 0.3) is 0 Å². The topological polar surface area (TPSA) is 22.2 Å². The number of anilines is 2. The second-order valence-electron chi connectivity index (χ2n) is 6.43. The molecular formula is C20H22N4O. The minimum absolute atomic E-state index is 0.840. The van der Waals surface area contributed by atoms with Crippen molar-refractivity contribution >= 4 is 11.4 Å². The van der Waals surface area contributed by atoms with E-state index in [0.717, 1.165) is 36.2 Å². The molecule has 128 valence electrons. The molecule has 0 fully saturated rings. The number of ether oxygens (including phenoxy) is 1. The molecule has 0 spiro atoms. The fourth-order valence-electron chi connectivity index (χ4n) is 2.98. The van der Waals surface area contributed by atoms with E-state index in [1.54, 1.807) is 0 Å². The molecule has 25 heavy (non-hydrogen) atoms. The van der Waals surface area contributed by atoms with Crippen LogP contribution >= 0.6 is 0 Å². The van der Waals surface area contributed by atoms with Gasteiger partial charge in [0.15, 0.2) is 0 Å². The van der Waals surface area contributed by atoms with Crippen LogP contribution in [0.1, 0.15) is 0 Å². The molecule has 2 aromatic carbocycles. The molecule has 5 heteroatoms. The van der Waals surface area contributed by atoms with Gasteiger partial charge in [-0.1, -0.05) is 12.1 Å². The molecule has 2 aliphatic rings. The van der Waals surface area contributed by atoms with Crippen LogP contribution in [0.25, 0.3) is 0 Å². The zero-order valence-electron chi connectivity index (χ0n) is 14.5. The van der Waals surface area contributed by atoms with Crippen LogP contribution in [0.3, 0.4) is 0 Å². The molecule has 0 unspecified atom stereocenters. The second kappa shape index (κ2) is 6.43. The number of nitrogens with zero attached hydrogens (tertiary/aromatic N) is 4. The number of rotatable bonds is 4. The first-order valence-corrected chi connectivity index (χ1v) is 8.36. The lowest BCUT2D eigenvalue weighted by atomic mass is 10.2. The summed E-state index contributed by atoms with van der Waals surface area (Å²) in [5, 5.41) is 0. The van der Waals surface area contributed by atoms with Gasteiger partial charge in [0.05, 0.1) is 13.3 Å². The molecule has 0 amide bonds. The van der Waals surface area contributed by atoms with E-state index in [1.807, 2.05) is 24.3 Å². The largest absolute Gasteiger partial charge is 0.457 e. The smallest absolute Gasteiger partial charge is 0.129 e. The van der Waals surface area contributed by atoms with Crippen LogP contribution in [-0.2, 0) is 0 Å². The van der Waals surface area contributed by atoms with Gasteiger partial charge in [0, 0.05) is 62.4 Å². The molecule has 0 radical (unpaired) electrons. The highest BCUT2D eigenvalue weighted by Crippen LogP contribution is 2.30. The van der Waals surface area contributed by atoms with E-state index in [9.17, 15) is 0 Å². The number of hydrogen-bond acceptors (Lipinski definition) is 5. The first-order valence-electron chi connectivity index (χ1n) is 8.36. The van der Waals surface area contributed by atoms with Gasteiger partial charge >= 0.3 is 0 Å². The lowest BCUT2D eigenvalue weighted by molar-refractivity contribution is 0.479. The Kier molecular flexibility index (Phi) is 3.98. The maximum atomic E-state index is 6.10. The normalized spacial score (nSPS) is 16.2. The van der Waals surface area contributed by atoms with Crippen molar-refractivity contribution in [3.63, 3.8) is 0 Å². The molecule has 4 rings (SSSR count). The number of benzene rings is 2. The molecule has 2 heterocycles. The van der Waals surface area contributed by atoms with Crippen molar-refractivity contribution in [2.45, 2.75) is 0 Å². The third-order valence-corrected chi connectivity index (χ3v) is 4.29. The Labute approximate surface area is 148 Å². The summed E-state index contributed by atoms with van der Waals surface area (Å²) < 4.78 is 6.10. The van der Waals surface area contributed by atoms with Gasteiger partial charge in [0.2, 0.25) is 0 Å². The third-order valence-electron chi connectivity index (χ3n) is 4.29. The van der Waals surface area contributed by atoms with Crippen molar-refractivity contribution in [3.8, 4) is 11.5 Å². The van der Waals surface area contributed by atoms with Crippen LogP contribution in [0.4, 0.5) is 11.4 Å². The molecule has 5 nitrogen and oxygen atoms in total. The fourth-order valence-corrected chi connectivity index (χ4v) is 2.98. The van der Waals surface area contributed by atoms with Crippen molar-refractivity contribution < 1.29 is 4.74 Å².